The van der Waals surface area contributed by atoms with Crippen LogP contribution in [-0.2, 0) is 19.6 Å². The minimum atomic E-state index is -3.58. The second-order valence-electron chi connectivity index (χ2n) is 6.99. The molecule has 1 aliphatic rings. The largest absolute Gasteiger partial charge is 0.452 e. The van der Waals surface area contributed by atoms with Crippen LogP contribution in [0.5, 0.6) is 0 Å². The first-order valence-electron chi connectivity index (χ1n) is 9.36. The standard InChI is InChI=1S/C21H24N2O5S/c1-16-7-9-18(10-8-16)29(26,27)23-13-11-22(12-14-23)20(24)15-28-21(25)19-6-4-3-5-17(19)2/h3-10H,11-15H2,1-2H3. The van der Waals surface area contributed by atoms with Crippen molar-refractivity contribution >= 4 is 21.9 Å². The lowest BCUT2D eigenvalue weighted by atomic mass is 10.1. The number of aryl methyl sites for hydroxylation is 2. The van der Waals surface area contributed by atoms with Crippen molar-refractivity contribution in [3.63, 3.8) is 0 Å². The molecular formula is C21H24N2O5S. The van der Waals surface area contributed by atoms with E-state index in [1.165, 1.54) is 9.21 Å². The van der Waals surface area contributed by atoms with Crippen molar-refractivity contribution in [1.29, 1.82) is 0 Å². The zero-order valence-electron chi connectivity index (χ0n) is 16.5. The van der Waals surface area contributed by atoms with E-state index in [2.05, 4.69) is 0 Å². The molecule has 0 aromatic heterocycles. The van der Waals surface area contributed by atoms with Gasteiger partial charge in [0.2, 0.25) is 10.0 Å². The fourth-order valence-electron chi connectivity index (χ4n) is 3.14. The molecule has 1 heterocycles. The highest BCUT2D eigenvalue weighted by atomic mass is 32.2. The van der Waals surface area contributed by atoms with E-state index in [-0.39, 0.29) is 43.6 Å². The summed E-state index contributed by atoms with van der Waals surface area (Å²) in [6.45, 7) is 4.25. The predicted octanol–water partition coefficient (Wildman–Crippen LogP) is 1.99. The van der Waals surface area contributed by atoms with E-state index < -0.39 is 16.0 Å². The van der Waals surface area contributed by atoms with Crippen LogP contribution in [0.15, 0.2) is 53.4 Å². The van der Waals surface area contributed by atoms with E-state index in [0.29, 0.717) is 5.56 Å². The van der Waals surface area contributed by atoms with Gasteiger partial charge in [0.15, 0.2) is 6.61 Å². The van der Waals surface area contributed by atoms with Gasteiger partial charge in [-0.25, -0.2) is 13.2 Å². The smallest absolute Gasteiger partial charge is 0.338 e. The van der Waals surface area contributed by atoms with E-state index in [4.69, 9.17) is 4.74 Å². The number of piperazine rings is 1. The Morgan fingerprint density at radius 1 is 0.931 bits per heavy atom. The Morgan fingerprint density at radius 2 is 1.55 bits per heavy atom. The maximum atomic E-state index is 12.7. The Morgan fingerprint density at radius 3 is 2.17 bits per heavy atom. The van der Waals surface area contributed by atoms with Crippen molar-refractivity contribution < 1.29 is 22.7 Å². The molecule has 0 N–H and O–H groups in total. The number of carbonyl (C=O) groups excluding carboxylic acids is 2. The summed E-state index contributed by atoms with van der Waals surface area (Å²) in [6, 6.07) is 13.7. The number of esters is 1. The summed E-state index contributed by atoms with van der Waals surface area (Å²) >= 11 is 0. The number of amides is 1. The number of benzene rings is 2. The number of hydrogen-bond donors (Lipinski definition) is 0. The molecule has 2 aromatic rings. The van der Waals surface area contributed by atoms with Crippen LogP contribution in [0, 0.1) is 13.8 Å². The Bertz CT molecular complexity index is 994. The van der Waals surface area contributed by atoms with Crippen molar-refractivity contribution in [3.05, 3.63) is 65.2 Å². The van der Waals surface area contributed by atoms with Gasteiger partial charge in [0.1, 0.15) is 0 Å². The fraction of sp³-hybridized carbons (Fsp3) is 0.333. The highest BCUT2D eigenvalue weighted by Crippen LogP contribution is 2.18. The Labute approximate surface area is 170 Å². The van der Waals surface area contributed by atoms with E-state index in [9.17, 15) is 18.0 Å². The van der Waals surface area contributed by atoms with Gasteiger partial charge in [-0.1, -0.05) is 35.9 Å². The number of hydrogen-bond acceptors (Lipinski definition) is 5. The van der Waals surface area contributed by atoms with Gasteiger partial charge in [-0.05, 0) is 37.6 Å². The average Bonchev–Trinajstić information content (AvgIpc) is 2.72. The van der Waals surface area contributed by atoms with Crippen molar-refractivity contribution in [2.45, 2.75) is 18.7 Å². The summed E-state index contributed by atoms with van der Waals surface area (Å²) in [6.07, 6.45) is 0. The van der Waals surface area contributed by atoms with Crippen LogP contribution >= 0.6 is 0 Å². The molecule has 1 aliphatic heterocycles. The molecule has 1 saturated heterocycles. The highest BCUT2D eigenvalue weighted by molar-refractivity contribution is 7.89. The van der Waals surface area contributed by atoms with Crippen LogP contribution in [0.2, 0.25) is 0 Å². The first-order valence-corrected chi connectivity index (χ1v) is 10.8. The van der Waals surface area contributed by atoms with E-state index in [1.54, 1.807) is 49.4 Å². The molecule has 0 atom stereocenters. The van der Waals surface area contributed by atoms with Gasteiger partial charge in [0, 0.05) is 26.2 Å². The fourth-order valence-corrected chi connectivity index (χ4v) is 4.56. The summed E-state index contributed by atoms with van der Waals surface area (Å²) < 4.78 is 32.0. The minimum absolute atomic E-state index is 0.202. The van der Waals surface area contributed by atoms with Gasteiger partial charge in [0.25, 0.3) is 5.91 Å². The lowest BCUT2D eigenvalue weighted by molar-refractivity contribution is -0.135. The molecule has 154 valence electrons. The van der Waals surface area contributed by atoms with Gasteiger partial charge < -0.3 is 9.64 Å². The van der Waals surface area contributed by atoms with Gasteiger partial charge in [-0.3, -0.25) is 4.79 Å². The molecule has 8 heteroatoms. The molecule has 3 rings (SSSR count). The maximum Gasteiger partial charge on any atom is 0.338 e. The third-order valence-corrected chi connectivity index (χ3v) is 6.85. The lowest BCUT2D eigenvalue weighted by Crippen LogP contribution is -2.51. The molecule has 1 fully saturated rings. The molecule has 7 nitrogen and oxygen atoms in total. The van der Waals surface area contributed by atoms with Gasteiger partial charge >= 0.3 is 5.97 Å². The number of carbonyl (C=O) groups is 2. The second-order valence-corrected chi connectivity index (χ2v) is 8.93. The number of nitrogens with zero attached hydrogens (tertiary/aromatic N) is 2. The molecule has 0 radical (unpaired) electrons. The van der Waals surface area contributed by atoms with Crippen molar-refractivity contribution in [3.8, 4) is 0 Å². The number of rotatable bonds is 5. The summed E-state index contributed by atoms with van der Waals surface area (Å²) in [7, 11) is -3.58. The van der Waals surface area contributed by atoms with Crippen LogP contribution in [-0.4, -0.2) is 62.3 Å². The van der Waals surface area contributed by atoms with Crippen molar-refractivity contribution in [2.24, 2.45) is 0 Å². The number of sulfonamides is 1. The maximum absolute atomic E-state index is 12.7. The SMILES string of the molecule is Cc1ccc(S(=O)(=O)N2CCN(C(=O)COC(=O)c3ccccc3C)CC2)cc1. The Balaban J connectivity index is 1.53. The van der Waals surface area contributed by atoms with Crippen LogP contribution in [0.1, 0.15) is 21.5 Å². The summed E-state index contributed by atoms with van der Waals surface area (Å²) in [5.41, 5.74) is 2.19. The molecule has 0 aliphatic carbocycles. The Hall–Kier alpha value is -2.71. The third-order valence-electron chi connectivity index (χ3n) is 4.94. The van der Waals surface area contributed by atoms with E-state index in [1.807, 2.05) is 13.0 Å². The quantitative estimate of drug-likeness (QED) is 0.696. The first kappa shape index (κ1) is 21.0. The summed E-state index contributed by atoms with van der Waals surface area (Å²) in [5, 5.41) is 0. The van der Waals surface area contributed by atoms with E-state index >= 15 is 0 Å². The zero-order valence-corrected chi connectivity index (χ0v) is 17.3. The highest BCUT2D eigenvalue weighted by Gasteiger charge is 2.30. The van der Waals surface area contributed by atoms with Crippen LogP contribution in [0.25, 0.3) is 0 Å². The van der Waals surface area contributed by atoms with Gasteiger partial charge in [-0.15, -0.1) is 0 Å². The first-order chi connectivity index (χ1) is 13.8. The molecule has 0 bridgehead atoms. The van der Waals surface area contributed by atoms with Gasteiger partial charge in [-0.2, -0.15) is 4.31 Å². The van der Waals surface area contributed by atoms with E-state index in [0.717, 1.165) is 11.1 Å². The minimum Gasteiger partial charge on any atom is -0.452 e. The second kappa shape index (κ2) is 8.75. The van der Waals surface area contributed by atoms with Crippen LogP contribution in [0.3, 0.4) is 0 Å². The topological polar surface area (TPSA) is 84.0 Å². The lowest BCUT2D eigenvalue weighted by Gasteiger charge is -2.33. The van der Waals surface area contributed by atoms with Crippen LogP contribution < -0.4 is 0 Å². The third kappa shape index (κ3) is 4.83. The molecule has 0 spiro atoms. The van der Waals surface area contributed by atoms with Crippen molar-refractivity contribution in [1.82, 2.24) is 9.21 Å². The normalized spacial score (nSPS) is 15.2. The predicted molar refractivity (Wildman–Crippen MR) is 108 cm³/mol. The zero-order chi connectivity index (χ0) is 21.0. The molecule has 29 heavy (non-hydrogen) atoms. The van der Waals surface area contributed by atoms with Crippen LogP contribution in [0.4, 0.5) is 0 Å². The molecule has 0 saturated carbocycles. The molecule has 0 unspecified atom stereocenters. The molecule has 2 aromatic carbocycles. The average molecular weight is 416 g/mol. The van der Waals surface area contributed by atoms with Gasteiger partial charge in [0.05, 0.1) is 10.5 Å². The molecular weight excluding hydrogens is 392 g/mol. The summed E-state index contributed by atoms with van der Waals surface area (Å²) in [4.78, 5) is 26.3. The Kier molecular flexibility index (Phi) is 6.34. The number of ether oxygens (including phenoxy) is 1. The molecule has 1 amide bonds. The summed E-state index contributed by atoms with van der Waals surface area (Å²) in [5.74, 6) is -0.878. The monoisotopic (exact) mass is 416 g/mol. The van der Waals surface area contributed by atoms with Crippen molar-refractivity contribution in [2.75, 3.05) is 32.8 Å².